The number of aromatic nitrogens is 2. The van der Waals surface area contributed by atoms with Crippen molar-refractivity contribution in [2.75, 3.05) is 0 Å². The lowest BCUT2D eigenvalue weighted by Gasteiger charge is -2.27. The van der Waals surface area contributed by atoms with Crippen molar-refractivity contribution < 1.29 is 0 Å². The number of hydrazine groups is 1. The lowest BCUT2D eigenvalue weighted by atomic mass is 9.82. The Labute approximate surface area is 131 Å². The van der Waals surface area contributed by atoms with Crippen LogP contribution in [0.1, 0.15) is 65.6 Å². The van der Waals surface area contributed by atoms with Crippen LogP contribution in [0.25, 0.3) is 0 Å². The van der Waals surface area contributed by atoms with E-state index in [1.807, 2.05) is 6.20 Å². The molecule has 0 fully saturated rings. The SMILES string of the molecule is CCCn1ncc(Br)c1C(CC(C)CC(C)(C)C)NN. The molecule has 20 heavy (non-hydrogen) atoms. The van der Waals surface area contributed by atoms with Gasteiger partial charge in [0.25, 0.3) is 0 Å². The quantitative estimate of drug-likeness (QED) is 0.580. The van der Waals surface area contributed by atoms with Gasteiger partial charge >= 0.3 is 0 Å². The number of nitrogens with zero attached hydrogens (tertiary/aromatic N) is 2. The summed E-state index contributed by atoms with van der Waals surface area (Å²) in [6.45, 7) is 12.2. The van der Waals surface area contributed by atoms with Crippen LogP contribution in [-0.2, 0) is 6.54 Å². The second-order valence-electron chi connectivity index (χ2n) is 6.93. The van der Waals surface area contributed by atoms with Gasteiger partial charge in [-0.15, -0.1) is 0 Å². The fourth-order valence-electron chi connectivity index (χ4n) is 2.90. The molecule has 1 aromatic heterocycles. The minimum absolute atomic E-state index is 0.135. The molecule has 0 aliphatic carbocycles. The molecule has 116 valence electrons. The molecule has 0 aliphatic rings. The number of rotatable bonds is 7. The van der Waals surface area contributed by atoms with Crippen molar-refractivity contribution in [1.82, 2.24) is 15.2 Å². The first-order chi connectivity index (χ1) is 9.28. The van der Waals surface area contributed by atoms with Crippen LogP contribution >= 0.6 is 15.9 Å². The monoisotopic (exact) mass is 344 g/mol. The molecule has 0 amide bonds. The minimum atomic E-state index is 0.135. The predicted molar refractivity (Wildman–Crippen MR) is 88.1 cm³/mol. The zero-order chi connectivity index (χ0) is 15.3. The molecule has 4 nitrogen and oxygen atoms in total. The molecule has 0 bridgehead atoms. The van der Waals surface area contributed by atoms with Crippen LogP contribution < -0.4 is 11.3 Å². The van der Waals surface area contributed by atoms with Crippen LogP contribution in [0.15, 0.2) is 10.7 Å². The molecule has 2 atom stereocenters. The number of halogens is 1. The van der Waals surface area contributed by atoms with E-state index in [4.69, 9.17) is 5.84 Å². The third kappa shape index (κ3) is 5.19. The van der Waals surface area contributed by atoms with Gasteiger partial charge < -0.3 is 0 Å². The molecule has 0 saturated heterocycles. The fourth-order valence-corrected chi connectivity index (χ4v) is 3.47. The summed E-state index contributed by atoms with van der Waals surface area (Å²) in [5.41, 5.74) is 4.48. The van der Waals surface area contributed by atoms with Crippen LogP contribution in [0.4, 0.5) is 0 Å². The number of nitrogens with one attached hydrogen (secondary N) is 1. The summed E-state index contributed by atoms with van der Waals surface area (Å²) in [5, 5.41) is 4.43. The summed E-state index contributed by atoms with van der Waals surface area (Å²) in [6, 6.07) is 0.135. The number of hydrogen-bond acceptors (Lipinski definition) is 3. The van der Waals surface area contributed by atoms with Crippen molar-refractivity contribution in [2.24, 2.45) is 17.2 Å². The zero-order valence-corrected chi connectivity index (χ0v) is 15.0. The van der Waals surface area contributed by atoms with Crippen molar-refractivity contribution in [1.29, 1.82) is 0 Å². The van der Waals surface area contributed by atoms with Gasteiger partial charge in [-0.2, -0.15) is 5.10 Å². The third-order valence-electron chi connectivity index (χ3n) is 3.40. The van der Waals surface area contributed by atoms with E-state index in [1.165, 1.54) is 6.42 Å². The van der Waals surface area contributed by atoms with E-state index in [2.05, 4.69) is 65.8 Å². The smallest absolute Gasteiger partial charge is 0.0709 e. The molecular weight excluding hydrogens is 316 g/mol. The number of hydrogen-bond donors (Lipinski definition) is 2. The van der Waals surface area contributed by atoms with Gasteiger partial charge in [-0.3, -0.25) is 16.0 Å². The van der Waals surface area contributed by atoms with Crippen molar-refractivity contribution in [3.05, 3.63) is 16.4 Å². The lowest BCUT2D eigenvalue weighted by molar-refractivity contribution is 0.272. The van der Waals surface area contributed by atoms with Gasteiger partial charge in [0.2, 0.25) is 0 Å². The molecule has 0 radical (unpaired) electrons. The van der Waals surface area contributed by atoms with E-state index in [1.54, 1.807) is 0 Å². The first-order valence-electron chi connectivity index (χ1n) is 7.45. The summed E-state index contributed by atoms with van der Waals surface area (Å²) in [7, 11) is 0. The predicted octanol–water partition coefficient (Wildman–Crippen LogP) is 4.02. The normalized spacial score (nSPS) is 15.3. The minimum Gasteiger partial charge on any atom is -0.271 e. The molecule has 2 unspecified atom stereocenters. The Bertz CT molecular complexity index is 408. The molecule has 0 spiro atoms. The molecular formula is C15H29BrN4. The van der Waals surface area contributed by atoms with Gasteiger partial charge in [-0.1, -0.05) is 34.6 Å². The van der Waals surface area contributed by atoms with Crippen LogP contribution in [0.2, 0.25) is 0 Å². The van der Waals surface area contributed by atoms with Gasteiger partial charge in [-0.05, 0) is 46.5 Å². The van der Waals surface area contributed by atoms with E-state index >= 15 is 0 Å². The van der Waals surface area contributed by atoms with Crippen LogP contribution in [0.3, 0.4) is 0 Å². The molecule has 0 aromatic carbocycles. The molecule has 0 aliphatic heterocycles. The maximum Gasteiger partial charge on any atom is 0.0709 e. The molecule has 3 N–H and O–H groups in total. The Balaban J connectivity index is 2.83. The van der Waals surface area contributed by atoms with Gasteiger partial charge in [0.05, 0.1) is 22.4 Å². The van der Waals surface area contributed by atoms with E-state index in [9.17, 15) is 0 Å². The maximum atomic E-state index is 5.80. The summed E-state index contributed by atoms with van der Waals surface area (Å²) in [4.78, 5) is 0. The largest absolute Gasteiger partial charge is 0.271 e. The Hall–Kier alpha value is -0.390. The maximum absolute atomic E-state index is 5.80. The van der Waals surface area contributed by atoms with Gasteiger partial charge in [-0.25, -0.2) is 0 Å². The summed E-state index contributed by atoms with van der Waals surface area (Å²) in [5.74, 6) is 6.40. The number of aryl methyl sites for hydroxylation is 1. The Morgan fingerprint density at radius 1 is 1.45 bits per heavy atom. The highest BCUT2D eigenvalue weighted by atomic mass is 79.9. The molecule has 1 rings (SSSR count). The number of nitrogens with two attached hydrogens (primary N) is 1. The molecule has 1 aromatic rings. The van der Waals surface area contributed by atoms with Crippen LogP contribution in [-0.4, -0.2) is 9.78 Å². The Kier molecular flexibility index (Phi) is 6.69. The van der Waals surface area contributed by atoms with E-state index in [0.29, 0.717) is 11.3 Å². The highest BCUT2D eigenvalue weighted by Crippen LogP contribution is 2.32. The summed E-state index contributed by atoms with van der Waals surface area (Å²) >= 11 is 3.60. The zero-order valence-electron chi connectivity index (χ0n) is 13.4. The van der Waals surface area contributed by atoms with Gasteiger partial charge in [0, 0.05) is 6.54 Å². The second-order valence-corrected chi connectivity index (χ2v) is 7.78. The standard InChI is InChI=1S/C15H29BrN4/c1-6-7-20-14(12(16)10-18-20)13(19-17)8-11(2)9-15(3,4)5/h10-11,13,19H,6-9,17H2,1-5H3. The first-order valence-corrected chi connectivity index (χ1v) is 8.25. The van der Waals surface area contributed by atoms with Crippen LogP contribution in [0, 0.1) is 11.3 Å². The Morgan fingerprint density at radius 2 is 2.10 bits per heavy atom. The van der Waals surface area contributed by atoms with Crippen molar-refractivity contribution >= 4 is 15.9 Å². The van der Waals surface area contributed by atoms with E-state index < -0.39 is 0 Å². The van der Waals surface area contributed by atoms with Crippen molar-refractivity contribution in [3.8, 4) is 0 Å². The lowest BCUT2D eigenvalue weighted by Crippen LogP contribution is -2.32. The first kappa shape index (κ1) is 17.7. The molecule has 5 heteroatoms. The highest BCUT2D eigenvalue weighted by Gasteiger charge is 2.23. The topological polar surface area (TPSA) is 55.9 Å². The van der Waals surface area contributed by atoms with E-state index in [-0.39, 0.29) is 6.04 Å². The summed E-state index contributed by atoms with van der Waals surface area (Å²) in [6.07, 6.45) is 5.13. The summed E-state index contributed by atoms with van der Waals surface area (Å²) < 4.78 is 3.09. The Morgan fingerprint density at radius 3 is 2.60 bits per heavy atom. The second kappa shape index (κ2) is 7.57. The van der Waals surface area contributed by atoms with Gasteiger partial charge in [0.15, 0.2) is 0 Å². The molecule has 1 heterocycles. The van der Waals surface area contributed by atoms with Crippen LogP contribution in [0.5, 0.6) is 0 Å². The van der Waals surface area contributed by atoms with Gasteiger partial charge in [0.1, 0.15) is 0 Å². The fraction of sp³-hybridized carbons (Fsp3) is 0.800. The van der Waals surface area contributed by atoms with Crippen molar-refractivity contribution in [2.45, 2.75) is 66.5 Å². The third-order valence-corrected chi connectivity index (χ3v) is 4.01. The molecule has 0 saturated carbocycles. The van der Waals surface area contributed by atoms with E-state index in [0.717, 1.165) is 29.6 Å². The average Bonchev–Trinajstić information content (AvgIpc) is 2.66. The van der Waals surface area contributed by atoms with Crippen molar-refractivity contribution in [3.63, 3.8) is 0 Å². The average molecular weight is 345 g/mol. The highest BCUT2D eigenvalue weighted by molar-refractivity contribution is 9.10.